The molecule has 1 fully saturated rings. The van der Waals surface area contributed by atoms with Crippen molar-refractivity contribution in [3.05, 3.63) is 30.3 Å². The number of unbranched alkanes of at least 4 members (excludes halogenated alkanes) is 5. The van der Waals surface area contributed by atoms with Gasteiger partial charge in [0, 0.05) is 5.69 Å². The Balaban J connectivity index is 1.48. The van der Waals surface area contributed by atoms with Gasteiger partial charge in [0.15, 0.2) is 0 Å². The van der Waals surface area contributed by atoms with E-state index in [0.29, 0.717) is 6.61 Å². The lowest BCUT2D eigenvalue weighted by atomic mass is 9.87. The number of rotatable bonds is 12. The molecule has 5 nitrogen and oxygen atoms in total. The van der Waals surface area contributed by atoms with E-state index in [0.717, 1.165) is 44.2 Å². The molecule has 1 aromatic carbocycles. The van der Waals surface area contributed by atoms with Crippen LogP contribution in [0.2, 0.25) is 0 Å². The average molecular weight is 361 g/mol. The van der Waals surface area contributed by atoms with Crippen LogP contribution in [0.3, 0.4) is 0 Å². The number of hydrogen-bond acceptors (Lipinski definition) is 4. The largest absolute Gasteiger partial charge is 0.461 e. The molecule has 1 amide bonds. The number of nitrogens with one attached hydrogen (secondary N) is 1. The number of esters is 1. The summed E-state index contributed by atoms with van der Waals surface area (Å²) in [6, 6.07) is 9.26. The molecule has 1 heterocycles. The molecule has 5 heteroatoms. The van der Waals surface area contributed by atoms with Crippen LogP contribution < -0.4 is 5.32 Å². The van der Waals surface area contributed by atoms with Gasteiger partial charge in [0.1, 0.15) is 6.10 Å². The van der Waals surface area contributed by atoms with E-state index in [2.05, 4.69) is 12.2 Å². The lowest BCUT2D eigenvalue weighted by Crippen LogP contribution is -2.44. The highest BCUT2D eigenvalue weighted by Gasteiger charge is 2.40. The van der Waals surface area contributed by atoms with Crippen LogP contribution in [-0.2, 0) is 14.3 Å². The van der Waals surface area contributed by atoms with E-state index in [1.54, 1.807) is 0 Å². The highest BCUT2D eigenvalue weighted by molar-refractivity contribution is 5.84. The van der Waals surface area contributed by atoms with Crippen molar-refractivity contribution in [2.75, 3.05) is 11.9 Å². The number of amides is 1. The molecule has 2 atom stereocenters. The number of benzene rings is 1. The molecule has 0 spiro atoms. The van der Waals surface area contributed by atoms with Crippen molar-refractivity contribution in [1.82, 2.24) is 0 Å². The molecular weight excluding hydrogens is 330 g/mol. The normalized spacial score (nSPS) is 18.7. The first kappa shape index (κ1) is 20.3. The van der Waals surface area contributed by atoms with E-state index in [4.69, 9.17) is 9.47 Å². The van der Waals surface area contributed by atoms with Crippen LogP contribution in [0.25, 0.3) is 0 Å². The number of para-hydroxylation sites is 1. The summed E-state index contributed by atoms with van der Waals surface area (Å²) in [6.45, 7) is 2.60. The zero-order valence-corrected chi connectivity index (χ0v) is 15.7. The van der Waals surface area contributed by atoms with Gasteiger partial charge in [0.05, 0.1) is 12.5 Å². The maximum atomic E-state index is 11.6. The summed E-state index contributed by atoms with van der Waals surface area (Å²) < 4.78 is 10.5. The predicted octanol–water partition coefficient (Wildman–Crippen LogP) is 5.31. The first-order valence-electron chi connectivity index (χ1n) is 9.90. The smallest absolute Gasteiger partial charge is 0.411 e. The van der Waals surface area contributed by atoms with Crippen LogP contribution in [0.15, 0.2) is 30.3 Å². The fourth-order valence-corrected chi connectivity index (χ4v) is 3.22. The van der Waals surface area contributed by atoms with Gasteiger partial charge in [-0.25, -0.2) is 4.79 Å². The summed E-state index contributed by atoms with van der Waals surface area (Å²) in [5.41, 5.74) is 0.731. The Morgan fingerprint density at radius 3 is 2.50 bits per heavy atom. The summed E-state index contributed by atoms with van der Waals surface area (Å²) in [5.74, 6) is 0.0900. The number of cyclic esters (lactones) is 1. The SMILES string of the molecule is CCCCCC[C@@H]1C(=O)O[C@H]1CCCCCOC(=O)Nc1ccccc1. The Morgan fingerprint density at radius 2 is 1.77 bits per heavy atom. The zero-order valence-electron chi connectivity index (χ0n) is 15.7. The Hall–Kier alpha value is -2.04. The first-order chi connectivity index (χ1) is 12.7. The summed E-state index contributed by atoms with van der Waals surface area (Å²) >= 11 is 0. The molecule has 1 aliphatic heterocycles. The number of carbonyl (C=O) groups excluding carboxylic acids is 2. The quantitative estimate of drug-likeness (QED) is 0.405. The molecule has 1 aromatic rings. The van der Waals surface area contributed by atoms with Crippen LogP contribution in [0.5, 0.6) is 0 Å². The van der Waals surface area contributed by atoms with Crippen molar-refractivity contribution in [3.63, 3.8) is 0 Å². The van der Waals surface area contributed by atoms with Crippen LogP contribution in [0.1, 0.15) is 64.7 Å². The minimum atomic E-state index is -0.420. The van der Waals surface area contributed by atoms with Crippen molar-refractivity contribution in [3.8, 4) is 0 Å². The zero-order chi connectivity index (χ0) is 18.6. The molecule has 0 bridgehead atoms. The topological polar surface area (TPSA) is 64.6 Å². The molecule has 0 aliphatic carbocycles. The van der Waals surface area contributed by atoms with E-state index in [1.807, 2.05) is 30.3 Å². The molecule has 0 unspecified atom stereocenters. The van der Waals surface area contributed by atoms with Crippen molar-refractivity contribution in [2.24, 2.45) is 5.92 Å². The molecule has 1 N–H and O–H groups in total. The summed E-state index contributed by atoms with van der Waals surface area (Å²) in [5, 5.41) is 2.69. The van der Waals surface area contributed by atoms with E-state index in [1.165, 1.54) is 19.3 Å². The molecule has 0 saturated carbocycles. The van der Waals surface area contributed by atoms with Gasteiger partial charge in [-0.2, -0.15) is 0 Å². The fourth-order valence-electron chi connectivity index (χ4n) is 3.22. The third-order valence-corrected chi connectivity index (χ3v) is 4.77. The molecular formula is C21H31NO4. The second-order valence-corrected chi connectivity index (χ2v) is 6.91. The maximum absolute atomic E-state index is 11.6. The van der Waals surface area contributed by atoms with Crippen LogP contribution in [0, 0.1) is 5.92 Å². The average Bonchev–Trinajstić information content (AvgIpc) is 2.64. The van der Waals surface area contributed by atoms with E-state index in [9.17, 15) is 9.59 Å². The van der Waals surface area contributed by atoms with Gasteiger partial charge in [0.25, 0.3) is 0 Å². The number of anilines is 1. The Bertz CT molecular complexity index is 546. The number of carbonyl (C=O) groups is 2. The Kier molecular flexibility index (Phi) is 9.01. The van der Waals surface area contributed by atoms with Crippen molar-refractivity contribution >= 4 is 17.7 Å². The third kappa shape index (κ3) is 7.06. The highest BCUT2D eigenvalue weighted by atomic mass is 16.6. The van der Waals surface area contributed by atoms with Crippen molar-refractivity contribution in [1.29, 1.82) is 0 Å². The second-order valence-electron chi connectivity index (χ2n) is 6.91. The molecule has 0 radical (unpaired) electrons. The monoisotopic (exact) mass is 361 g/mol. The molecule has 0 aromatic heterocycles. The summed E-state index contributed by atoms with van der Waals surface area (Å²) in [4.78, 5) is 23.2. The lowest BCUT2D eigenvalue weighted by molar-refractivity contribution is -0.186. The van der Waals surface area contributed by atoms with Gasteiger partial charge < -0.3 is 9.47 Å². The second kappa shape index (κ2) is 11.6. The highest BCUT2D eigenvalue weighted by Crippen LogP contribution is 2.31. The summed E-state index contributed by atoms with van der Waals surface area (Å²) in [6.07, 6.45) is 9.12. The fraction of sp³-hybridized carbons (Fsp3) is 0.619. The molecule has 26 heavy (non-hydrogen) atoms. The molecule has 1 aliphatic rings. The number of hydrogen-bond donors (Lipinski definition) is 1. The lowest BCUT2D eigenvalue weighted by Gasteiger charge is -2.35. The Labute approximate surface area is 156 Å². The van der Waals surface area contributed by atoms with Crippen LogP contribution in [-0.4, -0.2) is 24.8 Å². The van der Waals surface area contributed by atoms with E-state index in [-0.39, 0.29) is 18.0 Å². The van der Waals surface area contributed by atoms with Gasteiger partial charge in [-0.15, -0.1) is 0 Å². The van der Waals surface area contributed by atoms with Gasteiger partial charge in [-0.3, -0.25) is 10.1 Å². The van der Waals surface area contributed by atoms with Gasteiger partial charge in [0.2, 0.25) is 0 Å². The van der Waals surface area contributed by atoms with Gasteiger partial charge >= 0.3 is 12.1 Å². The Morgan fingerprint density at radius 1 is 1.04 bits per heavy atom. The van der Waals surface area contributed by atoms with Crippen LogP contribution >= 0.6 is 0 Å². The van der Waals surface area contributed by atoms with E-state index >= 15 is 0 Å². The van der Waals surface area contributed by atoms with Crippen molar-refractivity contribution in [2.45, 2.75) is 70.8 Å². The van der Waals surface area contributed by atoms with Crippen molar-refractivity contribution < 1.29 is 19.1 Å². The number of ether oxygens (including phenoxy) is 2. The van der Waals surface area contributed by atoms with Gasteiger partial charge in [-0.05, 0) is 44.2 Å². The van der Waals surface area contributed by atoms with Gasteiger partial charge in [-0.1, -0.05) is 50.8 Å². The first-order valence-corrected chi connectivity index (χ1v) is 9.90. The molecule has 1 saturated heterocycles. The minimum Gasteiger partial charge on any atom is -0.461 e. The van der Waals surface area contributed by atoms with E-state index < -0.39 is 6.09 Å². The third-order valence-electron chi connectivity index (χ3n) is 4.77. The van der Waals surface area contributed by atoms with Crippen LogP contribution in [0.4, 0.5) is 10.5 Å². The molecule has 144 valence electrons. The maximum Gasteiger partial charge on any atom is 0.411 e. The molecule has 2 rings (SSSR count). The standard InChI is InChI=1S/C21H31NO4/c1-2-3-4-9-14-18-19(26-20(18)23)15-10-6-11-16-25-21(24)22-17-12-7-5-8-13-17/h5,7-8,12-13,18-19H,2-4,6,9-11,14-16H2,1H3,(H,22,24)/t18-,19-/m0/s1. The summed E-state index contributed by atoms with van der Waals surface area (Å²) in [7, 11) is 0. The predicted molar refractivity (Wildman–Crippen MR) is 102 cm³/mol. The minimum absolute atomic E-state index is 0.0209.